The average Bonchev–Trinajstić information content (AvgIpc) is 2.44. The molecule has 0 bridgehead atoms. The van der Waals surface area contributed by atoms with Gasteiger partial charge in [0.15, 0.2) is 0 Å². The third-order valence-electron chi connectivity index (χ3n) is 2.91. The summed E-state index contributed by atoms with van der Waals surface area (Å²) in [5.74, 6) is 1.61. The van der Waals surface area contributed by atoms with E-state index in [9.17, 15) is 4.79 Å². The van der Waals surface area contributed by atoms with E-state index >= 15 is 0 Å². The van der Waals surface area contributed by atoms with E-state index in [2.05, 4.69) is 5.32 Å². The molecule has 106 valence electrons. The smallest absolute Gasteiger partial charge is 0.220 e. The maximum atomic E-state index is 11.7. The van der Waals surface area contributed by atoms with Gasteiger partial charge in [-0.15, -0.1) is 0 Å². The zero-order chi connectivity index (χ0) is 14.3. The van der Waals surface area contributed by atoms with Gasteiger partial charge in [-0.1, -0.05) is 6.92 Å². The Morgan fingerprint density at radius 2 is 2.11 bits per heavy atom. The van der Waals surface area contributed by atoms with Crippen LogP contribution in [0.2, 0.25) is 0 Å². The second kappa shape index (κ2) is 7.63. The van der Waals surface area contributed by atoms with Gasteiger partial charge < -0.3 is 20.5 Å². The van der Waals surface area contributed by atoms with Crippen LogP contribution >= 0.6 is 0 Å². The molecule has 1 aromatic carbocycles. The van der Waals surface area contributed by atoms with Crippen LogP contribution < -0.4 is 20.5 Å². The lowest BCUT2D eigenvalue weighted by Crippen LogP contribution is -2.26. The average molecular weight is 266 g/mol. The largest absolute Gasteiger partial charge is 0.497 e. The number of hydrogen-bond donors (Lipinski definition) is 2. The standard InChI is InChI=1S/C14H22N2O3/c1-10(8-15)6-14(17)16-9-11-4-5-12(18-2)7-13(11)19-3/h4-5,7,10H,6,8-9,15H2,1-3H3,(H,16,17). The number of nitrogens with two attached hydrogens (primary N) is 1. The van der Waals surface area contributed by atoms with E-state index in [0.717, 1.165) is 11.3 Å². The Bertz CT molecular complexity index is 421. The van der Waals surface area contributed by atoms with E-state index < -0.39 is 0 Å². The van der Waals surface area contributed by atoms with Crippen molar-refractivity contribution < 1.29 is 14.3 Å². The minimum Gasteiger partial charge on any atom is -0.497 e. The first-order valence-corrected chi connectivity index (χ1v) is 6.28. The number of ether oxygens (including phenoxy) is 2. The molecule has 0 aliphatic carbocycles. The molecule has 0 fully saturated rings. The highest BCUT2D eigenvalue weighted by Crippen LogP contribution is 2.24. The van der Waals surface area contributed by atoms with Gasteiger partial charge in [-0.25, -0.2) is 0 Å². The molecule has 1 amide bonds. The Kier molecular flexibility index (Phi) is 6.15. The SMILES string of the molecule is COc1ccc(CNC(=O)CC(C)CN)c(OC)c1. The molecule has 0 aromatic heterocycles. The minimum atomic E-state index is -0.00387. The second-order valence-electron chi connectivity index (χ2n) is 4.50. The molecule has 3 N–H and O–H groups in total. The minimum absolute atomic E-state index is 0.00387. The lowest BCUT2D eigenvalue weighted by molar-refractivity contribution is -0.122. The van der Waals surface area contributed by atoms with Crippen molar-refractivity contribution in [2.75, 3.05) is 20.8 Å². The van der Waals surface area contributed by atoms with Gasteiger partial charge in [0.25, 0.3) is 0 Å². The first kappa shape index (κ1) is 15.3. The monoisotopic (exact) mass is 266 g/mol. The van der Waals surface area contributed by atoms with Crippen molar-refractivity contribution in [1.82, 2.24) is 5.32 Å². The van der Waals surface area contributed by atoms with Gasteiger partial charge >= 0.3 is 0 Å². The summed E-state index contributed by atoms with van der Waals surface area (Å²) in [6.45, 7) is 2.90. The highest BCUT2D eigenvalue weighted by atomic mass is 16.5. The quantitative estimate of drug-likeness (QED) is 0.780. The number of methoxy groups -OCH3 is 2. The van der Waals surface area contributed by atoms with Crippen molar-refractivity contribution in [3.8, 4) is 11.5 Å². The zero-order valence-corrected chi connectivity index (χ0v) is 11.7. The number of benzene rings is 1. The van der Waals surface area contributed by atoms with Crippen molar-refractivity contribution >= 4 is 5.91 Å². The van der Waals surface area contributed by atoms with Crippen molar-refractivity contribution in [3.05, 3.63) is 23.8 Å². The highest BCUT2D eigenvalue weighted by Gasteiger charge is 2.09. The Labute approximate surface area is 114 Å². The number of hydrogen-bond acceptors (Lipinski definition) is 4. The van der Waals surface area contributed by atoms with Crippen LogP contribution in [0.25, 0.3) is 0 Å². The fourth-order valence-corrected chi connectivity index (χ4v) is 1.66. The van der Waals surface area contributed by atoms with Crippen molar-refractivity contribution in [3.63, 3.8) is 0 Å². The Balaban J connectivity index is 2.59. The van der Waals surface area contributed by atoms with Crippen LogP contribution in [0.3, 0.4) is 0 Å². The molecule has 0 aliphatic heterocycles. The summed E-state index contributed by atoms with van der Waals surface area (Å²) >= 11 is 0. The van der Waals surface area contributed by atoms with Crippen LogP contribution in [-0.4, -0.2) is 26.7 Å². The first-order chi connectivity index (χ1) is 9.10. The normalized spacial score (nSPS) is 11.8. The van der Waals surface area contributed by atoms with Gasteiger partial charge in [0.05, 0.1) is 14.2 Å². The molecule has 5 heteroatoms. The van der Waals surface area contributed by atoms with Crippen LogP contribution in [0, 0.1) is 5.92 Å². The predicted octanol–water partition coefficient (Wildman–Crippen LogP) is 1.30. The molecular weight excluding hydrogens is 244 g/mol. The number of amides is 1. The first-order valence-electron chi connectivity index (χ1n) is 6.28. The third kappa shape index (κ3) is 4.79. The van der Waals surface area contributed by atoms with Crippen LogP contribution in [0.1, 0.15) is 18.9 Å². The molecule has 0 heterocycles. The van der Waals surface area contributed by atoms with Crippen molar-refractivity contribution in [1.29, 1.82) is 0 Å². The molecule has 1 atom stereocenters. The molecule has 1 aromatic rings. The second-order valence-corrected chi connectivity index (χ2v) is 4.50. The van der Waals surface area contributed by atoms with Gasteiger partial charge in [0.1, 0.15) is 11.5 Å². The fraction of sp³-hybridized carbons (Fsp3) is 0.500. The highest BCUT2D eigenvalue weighted by molar-refractivity contribution is 5.76. The Morgan fingerprint density at radius 1 is 1.37 bits per heavy atom. The fourth-order valence-electron chi connectivity index (χ4n) is 1.66. The summed E-state index contributed by atoms with van der Waals surface area (Å²) in [6.07, 6.45) is 0.439. The van der Waals surface area contributed by atoms with Crippen molar-refractivity contribution in [2.45, 2.75) is 19.9 Å². The summed E-state index contributed by atoms with van der Waals surface area (Å²) in [5, 5.41) is 2.86. The van der Waals surface area contributed by atoms with Crippen LogP contribution in [-0.2, 0) is 11.3 Å². The summed E-state index contributed by atoms with van der Waals surface area (Å²) in [7, 11) is 3.20. The number of rotatable bonds is 7. The van der Waals surface area contributed by atoms with Gasteiger partial charge in [0, 0.05) is 24.6 Å². The maximum absolute atomic E-state index is 11.7. The van der Waals surface area contributed by atoms with Gasteiger partial charge in [0.2, 0.25) is 5.91 Å². The topological polar surface area (TPSA) is 73.6 Å². The number of carbonyl (C=O) groups is 1. The lowest BCUT2D eigenvalue weighted by Gasteiger charge is -2.12. The third-order valence-corrected chi connectivity index (χ3v) is 2.91. The van der Waals surface area contributed by atoms with E-state index in [1.165, 1.54) is 0 Å². The molecule has 0 spiro atoms. The van der Waals surface area contributed by atoms with Crippen LogP contribution in [0.5, 0.6) is 11.5 Å². The van der Waals surface area contributed by atoms with E-state index in [1.54, 1.807) is 20.3 Å². The summed E-state index contributed by atoms with van der Waals surface area (Å²) in [5.41, 5.74) is 6.41. The lowest BCUT2D eigenvalue weighted by atomic mass is 10.1. The van der Waals surface area contributed by atoms with Crippen LogP contribution in [0.15, 0.2) is 18.2 Å². The summed E-state index contributed by atoms with van der Waals surface area (Å²) < 4.78 is 10.4. The number of carbonyl (C=O) groups excluding carboxylic acids is 1. The molecule has 0 aliphatic rings. The molecule has 5 nitrogen and oxygen atoms in total. The molecule has 1 unspecified atom stereocenters. The molecule has 19 heavy (non-hydrogen) atoms. The van der Waals surface area contributed by atoms with Gasteiger partial charge in [-0.05, 0) is 24.6 Å². The molecular formula is C14H22N2O3. The molecule has 1 rings (SSSR count). The Morgan fingerprint density at radius 3 is 2.68 bits per heavy atom. The predicted molar refractivity (Wildman–Crippen MR) is 74.2 cm³/mol. The summed E-state index contributed by atoms with van der Waals surface area (Å²) in [6, 6.07) is 5.51. The van der Waals surface area contributed by atoms with E-state index in [-0.39, 0.29) is 11.8 Å². The van der Waals surface area contributed by atoms with E-state index in [0.29, 0.717) is 25.3 Å². The molecule has 0 saturated carbocycles. The molecule has 0 saturated heterocycles. The van der Waals surface area contributed by atoms with Gasteiger partial charge in [-0.2, -0.15) is 0 Å². The molecule has 0 radical (unpaired) electrons. The van der Waals surface area contributed by atoms with E-state index in [1.807, 2.05) is 19.1 Å². The summed E-state index contributed by atoms with van der Waals surface area (Å²) in [4.78, 5) is 11.7. The number of nitrogens with one attached hydrogen (secondary N) is 1. The van der Waals surface area contributed by atoms with E-state index in [4.69, 9.17) is 15.2 Å². The maximum Gasteiger partial charge on any atom is 0.220 e. The van der Waals surface area contributed by atoms with Crippen LogP contribution in [0.4, 0.5) is 0 Å². The zero-order valence-electron chi connectivity index (χ0n) is 11.7. The Hall–Kier alpha value is -1.75. The van der Waals surface area contributed by atoms with Gasteiger partial charge in [-0.3, -0.25) is 4.79 Å². The van der Waals surface area contributed by atoms with Crippen molar-refractivity contribution in [2.24, 2.45) is 11.7 Å².